The Kier molecular flexibility index (Phi) is 4.15. The lowest BCUT2D eigenvalue weighted by molar-refractivity contribution is -0.117. The van der Waals surface area contributed by atoms with Gasteiger partial charge in [0.05, 0.1) is 17.3 Å². The van der Waals surface area contributed by atoms with E-state index in [9.17, 15) is 9.18 Å². The molecule has 2 N–H and O–H groups in total. The van der Waals surface area contributed by atoms with E-state index in [1.165, 1.54) is 24.6 Å². The third-order valence-corrected chi connectivity index (χ3v) is 4.73. The maximum absolute atomic E-state index is 13.0. The van der Waals surface area contributed by atoms with Crippen LogP contribution in [0.5, 0.6) is 0 Å². The molecule has 2 saturated heterocycles. The molecule has 0 saturated carbocycles. The molecule has 6 heteroatoms. The number of anilines is 1. The Bertz CT molecular complexity index is 546. The monoisotopic (exact) mass is 311 g/mol. The van der Waals surface area contributed by atoms with E-state index in [2.05, 4.69) is 15.5 Å². The van der Waals surface area contributed by atoms with E-state index in [-0.39, 0.29) is 10.9 Å². The predicted molar refractivity (Wildman–Crippen MR) is 81.0 cm³/mol. The molecule has 0 bridgehead atoms. The first-order chi connectivity index (χ1) is 10.1. The Morgan fingerprint density at radius 2 is 2.33 bits per heavy atom. The summed E-state index contributed by atoms with van der Waals surface area (Å²) in [5.41, 5.74) is 0.813. The molecule has 1 aromatic rings. The molecule has 114 valence electrons. The molecule has 1 unspecified atom stereocenters. The number of rotatable bonds is 3. The van der Waals surface area contributed by atoms with Gasteiger partial charge in [0.2, 0.25) is 5.91 Å². The van der Waals surface area contributed by atoms with Gasteiger partial charge in [0.25, 0.3) is 0 Å². The molecule has 4 nitrogen and oxygen atoms in total. The average molecular weight is 312 g/mol. The average Bonchev–Trinajstić information content (AvgIpc) is 3.04. The van der Waals surface area contributed by atoms with E-state index in [1.54, 1.807) is 0 Å². The van der Waals surface area contributed by atoms with Crippen molar-refractivity contribution in [2.24, 2.45) is 5.41 Å². The fourth-order valence-electron chi connectivity index (χ4n) is 3.29. The molecule has 3 rings (SSSR count). The summed E-state index contributed by atoms with van der Waals surface area (Å²) in [5.74, 6) is -0.514. The van der Waals surface area contributed by atoms with E-state index >= 15 is 0 Å². The maximum Gasteiger partial charge on any atom is 0.238 e. The lowest BCUT2D eigenvalue weighted by Crippen LogP contribution is -2.34. The summed E-state index contributed by atoms with van der Waals surface area (Å²) in [6.45, 7) is 4.40. The molecule has 2 heterocycles. The minimum absolute atomic E-state index is 0.105. The molecule has 1 aromatic carbocycles. The molecule has 2 aliphatic heterocycles. The van der Waals surface area contributed by atoms with Crippen LogP contribution in [0.4, 0.5) is 10.1 Å². The Morgan fingerprint density at radius 3 is 3.05 bits per heavy atom. The number of likely N-dealkylation sites (tertiary alicyclic amines) is 1. The lowest BCUT2D eigenvalue weighted by Gasteiger charge is -2.22. The summed E-state index contributed by atoms with van der Waals surface area (Å²) in [6, 6.07) is 3.98. The van der Waals surface area contributed by atoms with Crippen LogP contribution in [0.15, 0.2) is 18.2 Å². The quantitative estimate of drug-likeness (QED) is 0.898. The van der Waals surface area contributed by atoms with Crippen molar-refractivity contribution in [1.29, 1.82) is 0 Å². The molecule has 2 aliphatic rings. The van der Waals surface area contributed by atoms with Crippen LogP contribution in [0.3, 0.4) is 0 Å². The molecule has 1 spiro atoms. The molecule has 1 amide bonds. The second-order valence-electron chi connectivity index (χ2n) is 6.06. The highest BCUT2D eigenvalue weighted by molar-refractivity contribution is 6.33. The summed E-state index contributed by atoms with van der Waals surface area (Å²) in [4.78, 5) is 14.3. The number of nitrogens with zero attached hydrogens (tertiary/aromatic N) is 1. The van der Waals surface area contributed by atoms with Gasteiger partial charge >= 0.3 is 0 Å². The second-order valence-corrected chi connectivity index (χ2v) is 6.47. The Labute approximate surface area is 128 Å². The molecular formula is C15H19ClFN3O. The number of carbonyl (C=O) groups excluding carboxylic acids is 1. The van der Waals surface area contributed by atoms with Gasteiger partial charge < -0.3 is 10.6 Å². The Hall–Kier alpha value is -1.17. The van der Waals surface area contributed by atoms with Crippen molar-refractivity contribution < 1.29 is 9.18 Å². The first kappa shape index (κ1) is 14.8. The summed E-state index contributed by atoms with van der Waals surface area (Å²) in [7, 11) is 0. The highest BCUT2D eigenvalue weighted by Crippen LogP contribution is 2.35. The summed E-state index contributed by atoms with van der Waals surface area (Å²) < 4.78 is 13.0. The smallest absolute Gasteiger partial charge is 0.238 e. The second kappa shape index (κ2) is 5.91. The SMILES string of the molecule is O=C(CN1CCC2(CCNC2)C1)Nc1ccc(F)cc1Cl. The van der Waals surface area contributed by atoms with Crippen LogP contribution in [0.25, 0.3) is 0 Å². The van der Waals surface area contributed by atoms with Crippen molar-refractivity contribution >= 4 is 23.2 Å². The number of benzene rings is 1. The van der Waals surface area contributed by atoms with Crippen LogP contribution in [0.2, 0.25) is 5.02 Å². The highest BCUT2D eigenvalue weighted by atomic mass is 35.5. The third-order valence-electron chi connectivity index (χ3n) is 4.42. The third kappa shape index (κ3) is 3.36. The van der Waals surface area contributed by atoms with Crippen LogP contribution < -0.4 is 10.6 Å². The van der Waals surface area contributed by atoms with Crippen LogP contribution in [0.1, 0.15) is 12.8 Å². The van der Waals surface area contributed by atoms with E-state index in [0.29, 0.717) is 17.6 Å². The minimum atomic E-state index is -0.409. The van der Waals surface area contributed by atoms with Crippen LogP contribution in [0, 0.1) is 11.2 Å². The van der Waals surface area contributed by atoms with E-state index in [0.717, 1.165) is 32.6 Å². The Balaban J connectivity index is 1.55. The number of nitrogens with one attached hydrogen (secondary N) is 2. The largest absolute Gasteiger partial charge is 0.324 e. The zero-order chi connectivity index (χ0) is 14.9. The van der Waals surface area contributed by atoms with Gasteiger partial charge in [-0.25, -0.2) is 4.39 Å². The summed E-state index contributed by atoms with van der Waals surface area (Å²) in [5, 5.41) is 6.37. The maximum atomic E-state index is 13.0. The standard InChI is InChI=1S/C15H19ClFN3O/c16-12-7-11(17)1-2-13(12)19-14(21)8-20-6-4-15(10-20)3-5-18-9-15/h1-2,7,18H,3-6,8-10H2,(H,19,21). The summed E-state index contributed by atoms with van der Waals surface area (Å²) >= 11 is 5.91. The van der Waals surface area contributed by atoms with Crippen molar-refractivity contribution in [3.63, 3.8) is 0 Å². The molecule has 1 atom stereocenters. The van der Waals surface area contributed by atoms with Crippen molar-refractivity contribution in [3.8, 4) is 0 Å². The van der Waals surface area contributed by atoms with Gasteiger partial charge in [-0.3, -0.25) is 9.69 Å². The van der Waals surface area contributed by atoms with Crippen molar-refractivity contribution in [2.75, 3.05) is 38.0 Å². The van der Waals surface area contributed by atoms with Gasteiger partial charge in [-0.05, 0) is 49.5 Å². The molecule has 0 radical (unpaired) electrons. The van der Waals surface area contributed by atoms with Gasteiger partial charge in [0.1, 0.15) is 5.82 Å². The molecule has 2 fully saturated rings. The fraction of sp³-hybridized carbons (Fsp3) is 0.533. The van der Waals surface area contributed by atoms with E-state index in [1.807, 2.05) is 0 Å². The number of carbonyl (C=O) groups is 1. The minimum Gasteiger partial charge on any atom is -0.324 e. The van der Waals surface area contributed by atoms with Gasteiger partial charge in [0, 0.05) is 13.1 Å². The molecular weight excluding hydrogens is 293 g/mol. The van der Waals surface area contributed by atoms with E-state index in [4.69, 9.17) is 11.6 Å². The zero-order valence-corrected chi connectivity index (χ0v) is 12.5. The number of hydrogen-bond donors (Lipinski definition) is 2. The Morgan fingerprint density at radius 1 is 1.48 bits per heavy atom. The predicted octanol–water partition coefficient (Wildman–Crippen LogP) is 2.10. The van der Waals surface area contributed by atoms with Gasteiger partial charge in [-0.15, -0.1) is 0 Å². The normalized spacial score (nSPS) is 25.6. The highest BCUT2D eigenvalue weighted by Gasteiger charge is 2.40. The molecule has 21 heavy (non-hydrogen) atoms. The van der Waals surface area contributed by atoms with Crippen molar-refractivity contribution in [2.45, 2.75) is 12.8 Å². The van der Waals surface area contributed by atoms with Crippen molar-refractivity contribution in [1.82, 2.24) is 10.2 Å². The topological polar surface area (TPSA) is 44.4 Å². The molecule has 0 aromatic heterocycles. The number of amides is 1. The molecule has 0 aliphatic carbocycles. The lowest BCUT2D eigenvalue weighted by atomic mass is 9.87. The van der Waals surface area contributed by atoms with Crippen LogP contribution in [-0.2, 0) is 4.79 Å². The van der Waals surface area contributed by atoms with Crippen LogP contribution >= 0.6 is 11.6 Å². The zero-order valence-electron chi connectivity index (χ0n) is 11.8. The number of hydrogen-bond acceptors (Lipinski definition) is 3. The van der Waals surface area contributed by atoms with Crippen LogP contribution in [-0.4, -0.2) is 43.5 Å². The van der Waals surface area contributed by atoms with Gasteiger partial charge in [-0.2, -0.15) is 0 Å². The summed E-state index contributed by atoms with van der Waals surface area (Å²) in [6.07, 6.45) is 2.33. The fourth-order valence-corrected chi connectivity index (χ4v) is 3.50. The first-order valence-corrected chi connectivity index (χ1v) is 7.62. The van der Waals surface area contributed by atoms with Gasteiger partial charge in [-0.1, -0.05) is 11.6 Å². The van der Waals surface area contributed by atoms with Crippen molar-refractivity contribution in [3.05, 3.63) is 29.0 Å². The first-order valence-electron chi connectivity index (χ1n) is 7.24. The number of halogens is 2. The van der Waals surface area contributed by atoms with E-state index < -0.39 is 5.82 Å². The van der Waals surface area contributed by atoms with Gasteiger partial charge in [0.15, 0.2) is 0 Å².